The fraction of sp³-hybridized carbons (Fsp3) is 0.0400. The monoisotopic (exact) mass is 398 g/mol. The summed E-state index contributed by atoms with van der Waals surface area (Å²) in [5.74, 6) is 0. The Kier molecular flexibility index (Phi) is 5.68. The van der Waals surface area contributed by atoms with Gasteiger partial charge in [-0.3, -0.25) is 9.36 Å². The van der Waals surface area contributed by atoms with Crippen molar-refractivity contribution in [2.75, 3.05) is 0 Å². The molecule has 0 aliphatic heterocycles. The van der Waals surface area contributed by atoms with Crippen molar-refractivity contribution in [3.8, 4) is 11.3 Å². The van der Waals surface area contributed by atoms with E-state index in [0.717, 1.165) is 16.7 Å². The Morgan fingerprint density at radius 3 is 2.03 bits per heavy atom. The highest BCUT2D eigenvalue weighted by Crippen LogP contribution is 2.26. The molecule has 0 fully saturated rings. The second-order valence-corrected chi connectivity index (χ2v) is 6.98. The van der Waals surface area contributed by atoms with Gasteiger partial charge in [-0.15, -0.1) is 0 Å². The molecule has 0 saturated carbocycles. The van der Waals surface area contributed by atoms with Crippen molar-refractivity contribution >= 4 is 23.8 Å². The lowest BCUT2D eigenvalue weighted by Gasteiger charge is -2.15. The molecular weight excluding hydrogens is 380 g/mol. The summed E-state index contributed by atoms with van der Waals surface area (Å²) in [5, 5.41) is 0.305. The van der Waals surface area contributed by atoms with Crippen molar-refractivity contribution in [2.24, 2.45) is 0 Å². The molecule has 0 aliphatic rings. The molecule has 0 aliphatic carbocycles. The molecule has 0 amide bonds. The third-order valence-corrected chi connectivity index (χ3v) is 4.88. The Hall–Kier alpha value is -3.43. The fourth-order valence-corrected chi connectivity index (χ4v) is 3.50. The average Bonchev–Trinajstić information content (AvgIpc) is 2.77. The zero-order valence-electron chi connectivity index (χ0n) is 15.7. The molecule has 0 radical (unpaired) electrons. The Balaban J connectivity index is 1.85. The minimum atomic E-state index is -0.177. The second kappa shape index (κ2) is 8.72. The van der Waals surface area contributed by atoms with Gasteiger partial charge in [-0.1, -0.05) is 109 Å². The van der Waals surface area contributed by atoms with E-state index in [1.54, 1.807) is 10.6 Å². The molecule has 4 aromatic rings. The van der Waals surface area contributed by atoms with Crippen molar-refractivity contribution in [1.29, 1.82) is 0 Å². The van der Waals surface area contributed by atoms with E-state index < -0.39 is 0 Å². The van der Waals surface area contributed by atoms with Crippen LogP contribution in [0, 0.1) is 0 Å². The SMILES string of the molecule is O=c1c(/C=C/c2ccccc2)nc(Cl)c(-c2ccccc2)n1Cc1ccccc1. The van der Waals surface area contributed by atoms with Gasteiger partial charge < -0.3 is 0 Å². The van der Waals surface area contributed by atoms with E-state index in [2.05, 4.69) is 4.98 Å². The molecule has 29 heavy (non-hydrogen) atoms. The zero-order chi connectivity index (χ0) is 20.1. The molecule has 0 saturated heterocycles. The van der Waals surface area contributed by atoms with Crippen LogP contribution in [0.2, 0.25) is 5.15 Å². The molecule has 1 aromatic heterocycles. The lowest BCUT2D eigenvalue weighted by atomic mass is 10.1. The molecule has 142 valence electrons. The van der Waals surface area contributed by atoms with Gasteiger partial charge in [-0.05, 0) is 17.2 Å². The van der Waals surface area contributed by atoms with Gasteiger partial charge in [0.2, 0.25) is 0 Å². The number of nitrogens with zero attached hydrogens (tertiary/aromatic N) is 2. The predicted octanol–water partition coefficient (Wildman–Crippen LogP) is 5.78. The Bertz CT molecular complexity index is 1180. The zero-order valence-corrected chi connectivity index (χ0v) is 16.5. The number of rotatable bonds is 5. The molecule has 0 bridgehead atoms. The van der Waals surface area contributed by atoms with Gasteiger partial charge in [0.15, 0.2) is 5.15 Å². The van der Waals surface area contributed by atoms with Crippen molar-refractivity contribution in [2.45, 2.75) is 6.54 Å². The van der Waals surface area contributed by atoms with Crippen LogP contribution in [0.3, 0.4) is 0 Å². The number of benzene rings is 3. The van der Waals surface area contributed by atoms with Crippen LogP contribution in [0.15, 0.2) is 95.8 Å². The number of aromatic nitrogens is 2. The smallest absolute Gasteiger partial charge is 0.277 e. The summed E-state index contributed by atoms with van der Waals surface area (Å²) in [4.78, 5) is 17.7. The fourth-order valence-electron chi connectivity index (χ4n) is 3.19. The molecular formula is C25H19ClN2O. The minimum absolute atomic E-state index is 0.177. The van der Waals surface area contributed by atoms with Crippen LogP contribution in [-0.4, -0.2) is 9.55 Å². The number of hydrogen-bond acceptors (Lipinski definition) is 2. The highest BCUT2D eigenvalue weighted by Gasteiger charge is 2.16. The first-order chi connectivity index (χ1) is 14.2. The van der Waals surface area contributed by atoms with E-state index in [0.29, 0.717) is 23.1 Å². The van der Waals surface area contributed by atoms with Crippen LogP contribution in [-0.2, 0) is 6.54 Å². The maximum atomic E-state index is 13.3. The molecule has 0 spiro atoms. The summed E-state index contributed by atoms with van der Waals surface area (Å²) in [5.41, 5.74) is 3.63. The topological polar surface area (TPSA) is 34.9 Å². The summed E-state index contributed by atoms with van der Waals surface area (Å²) in [7, 11) is 0. The average molecular weight is 399 g/mol. The molecule has 4 heteroatoms. The van der Waals surface area contributed by atoms with Crippen LogP contribution < -0.4 is 5.56 Å². The van der Waals surface area contributed by atoms with Gasteiger partial charge in [0.25, 0.3) is 5.56 Å². The van der Waals surface area contributed by atoms with Crippen LogP contribution >= 0.6 is 11.6 Å². The quantitative estimate of drug-likeness (QED) is 0.427. The van der Waals surface area contributed by atoms with Crippen molar-refractivity contribution in [1.82, 2.24) is 9.55 Å². The van der Waals surface area contributed by atoms with Crippen molar-refractivity contribution in [3.63, 3.8) is 0 Å². The Morgan fingerprint density at radius 2 is 1.38 bits per heavy atom. The van der Waals surface area contributed by atoms with Gasteiger partial charge >= 0.3 is 0 Å². The van der Waals surface area contributed by atoms with Crippen LogP contribution in [0.1, 0.15) is 16.8 Å². The normalized spacial score (nSPS) is 11.1. The van der Waals surface area contributed by atoms with Gasteiger partial charge in [0, 0.05) is 5.56 Å². The largest absolute Gasteiger partial charge is 0.299 e. The standard InChI is InChI=1S/C25H19ClN2O/c26-24-23(21-14-8-3-9-15-21)28(18-20-12-6-2-7-13-20)25(29)22(27-24)17-16-19-10-4-1-5-11-19/h1-17H,18H2/b17-16+. The third kappa shape index (κ3) is 4.36. The first-order valence-corrected chi connectivity index (χ1v) is 9.73. The van der Waals surface area contributed by atoms with Crippen LogP contribution in [0.25, 0.3) is 23.4 Å². The lowest BCUT2D eigenvalue weighted by molar-refractivity contribution is 0.755. The van der Waals surface area contributed by atoms with E-state index in [-0.39, 0.29) is 5.56 Å². The highest BCUT2D eigenvalue weighted by molar-refractivity contribution is 6.31. The van der Waals surface area contributed by atoms with E-state index in [4.69, 9.17) is 11.6 Å². The van der Waals surface area contributed by atoms with E-state index in [9.17, 15) is 4.79 Å². The van der Waals surface area contributed by atoms with Crippen LogP contribution in [0.5, 0.6) is 0 Å². The molecule has 1 heterocycles. The minimum Gasteiger partial charge on any atom is -0.299 e. The first-order valence-electron chi connectivity index (χ1n) is 9.35. The predicted molar refractivity (Wildman–Crippen MR) is 120 cm³/mol. The van der Waals surface area contributed by atoms with Crippen molar-refractivity contribution in [3.05, 3.63) is 123 Å². The molecule has 3 aromatic carbocycles. The summed E-state index contributed by atoms with van der Waals surface area (Å²) >= 11 is 6.58. The third-order valence-electron chi connectivity index (χ3n) is 4.61. The lowest BCUT2D eigenvalue weighted by Crippen LogP contribution is -2.26. The van der Waals surface area contributed by atoms with Gasteiger partial charge in [-0.25, -0.2) is 4.98 Å². The van der Waals surface area contributed by atoms with Gasteiger partial charge in [-0.2, -0.15) is 0 Å². The molecule has 3 nitrogen and oxygen atoms in total. The van der Waals surface area contributed by atoms with E-state index in [1.165, 1.54) is 0 Å². The maximum absolute atomic E-state index is 13.3. The number of halogens is 1. The summed E-state index contributed by atoms with van der Waals surface area (Å²) in [6.45, 7) is 0.415. The highest BCUT2D eigenvalue weighted by atomic mass is 35.5. The summed E-state index contributed by atoms with van der Waals surface area (Å²) < 4.78 is 1.70. The number of hydrogen-bond donors (Lipinski definition) is 0. The first kappa shape index (κ1) is 18.9. The van der Waals surface area contributed by atoms with Crippen LogP contribution in [0.4, 0.5) is 0 Å². The second-order valence-electron chi connectivity index (χ2n) is 6.62. The summed E-state index contributed by atoms with van der Waals surface area (Å²) in [6, 6.07) is 29.3. The van der Waals surface area contributed by atoms with E-state index in [1.807, 2.05) is 97.1 Å². The summed E-state index contributed by atoms with van der Waals surface area (Å²) in [6.07, 6.45) is 3.59. The van der Waals surface area contributed by atoms with E-state index >= 15 is 0 Å². The maximum Gasteiger partial charge on any atom is 0.277 e. The molecule has 4 rings (SSSR count). The van der Waals surface area contributed by atoms with Crippen molar-refractivity contribution < 1.29 is 0 Å². The molecule has 0 unspecified atom stereocenters. The van der Waals surface area contributed by atoms with Gasteiger partial charge in [0.05, 0.1) is 12.2 Å². The Morgan fingerprint density at radius 1 is 0.793 bits per heavy atom. The molecule has 0 atom stereocenters. The Labute approximate surface area is 174 Å². The van der Waals surface area contributed by atoms with Gasteiger partial charge in [0.1, 0.15) is 5.69 Å². The molecule has 0 N–H and O–H groups in total.